The molecule has 0 saturated carbocycles. The van der Waals surface area contributed by atoms with Gasteiger partial charge in [-0.25, -0.2) is 4.98 Å². The molecule has 0 aliphatic rings. The van der Waals surface area contributed by atoms with Gasteiger partial charge in [0.2, 0.25) is 0 Å². The van der Waals surface area contributed by atoms with E-state index in [1.165, 1.54) is 19.4 Å². The zero-order chi connectivity index (χ0) is 12.3. The van der Waals surface area contributed by atoms with Gasteiger partial charge in [-0.05, 0) is 24.3 Å². The van der Waals surface area contributed by atoms with Crippen LogP contribution in [0.1, 0.15) is 15.9 Å². The first-order valence-corrected chi connectivity index (χ1v) is 5.39. The summed E-state index contributed by atoms with van der Waals surface area (Å²) in [5.41, 5.74) is 1.01. The third kappa shape index (κ3) is 2.45. The summed E-state index contributed by atoms with van der Waals surface area (Å²) in [4.78, 5) is 16.1. The van der Waals surface area contributed by atoms with E-state index in [2.05, 4.69) is 4.98 Å². The van der Waals surface area contributed by atoms with Crippen molar-refractivity contribution < 1.29 is 9.53 Å². The number of aromatic nitrogens is 1. The maximum atomic E-state index is 12.2. The Morgan fingerprint density at radius 3 is 2.76 bits per heavy atom. The first kappa shape index (κ1) is 11.6. The fourth-order valence-electron chi connectivity index (χ4n) is 1.53. The fraction of sp³-hybridized carbons (Fsp3) is 0.0769. The SMILES string of the molecule is COc1ccccc1C(=O)c1ccnc(Cl)c1. The quantitative estimate of drug-likeness (QED) is 0.618. The van der Waals surface area contributed by atoms with E-state index >= 15 is 0 Å². The summed E-state index contributed by atoms with van der Waals surface area (Å²) in [6.07, 6.45) is 1.50. The molecule has 0 radical (unpaired) electrons. The molecule has 3 nitrogen and oxygen atoms in total. The zero-order valence-electron chi connectivity index (χ0n) is 9.18. The van der Waals surface area contributed by atoms with Crippen LogP contribution in [-0.4, -0.2) is 17.9 Å². The number of carbonyl (C=O) groups excluding carboxylic acids is 1. The van der Waals surface area contributed by atoms with E-state index in [4.69, 9.17) is 16.3 Å². The standard InChI is InChI=1S/C13H10ClNO2/c1-17-11-5-3-2-4-10(11)13(16)9-6-7-15-12(14)8-9/h2-8H,1H3. The normalized spacial score (nSPS) is 10.0. The van der Waals surface area contributed by atoms with Crippen molar-refractivity contribution >= 4 is 17.4 Å². The number of para-hydroxylation sites is 1. The molecule has 0 spiro atoms. The van der Waals surface area contributed by atoms with E-state index in [1.54, 1.807) is 24.3 Å². The lowest BCUT2D eigenvalue weighted by Gasteiger charge is -2.07. The van der Waals surface area contributed by atoms with Crippen LogP contribution in [0, 0.1) is 0 Å². The van der Waals surface area contributed by atoms with Crippen LogP contribution in [0.3, 0.4) is 0 Å². The molecule has 0 unspecified atom stereocenters. The topological polar surface area (TPSA) is 39.2 Å². The van der Waals surface area contributed by atoms with Gasteiger partial charge in [0.15, 0.2) is 5.78 Å². The molecule has 1 heterocycles. The van der Waals surface area contributed by atoms with Gasteiger partial charge in [0, 0.05) is 11.8 Å². The molecule has 0 saturated heterocycles. The number of halogens is 1. The summed E-state index contributed by atoms with van der Waals surface area (Å²) in [6.45, 7) is 0. The lowest BCUT2D eigenvalue weighted by atomic mass is 10.0. The van der Waals surface area contributed by atoms with E-state index in [0.717, 1.165) is 0 Å². The number of ether oxygens (including phenoxy) is 1. The van der Waals surface area contributed by atoms with Crippen molar-refractivity contribution in [2.45, 2.75) is 0 Å². The monoisotopic (exact) mass is 247 g/mol. The van der Waals surface area contributed by atoms with E-state index in [-0.39, 0.29) is 5.78 Å². The van der Waals surface area contributed by atoms with Crippen molar-refractivity contribution in [2.24, 2.45) is 0 Å². The number of methoxy groups -OCH3 is 1. The Morgan fingerprint density at radius 1 is 1.29 bits per heavy atom. The number of benzene rings is 1. The first-order valence-electron chi connectivity index (χ1n) is 5.01. The number of nitrogens with zero attached hydrogens (tertiary/aromatic N) is 1. The first-order chi connectivity index (χ1) is 8.22. The molecule has 0 aliphatic heterocycles. The van der Waals surface area contributed by atoms with Gasteiger partial charge in [0.05, 0.1) is 12.7 Å². The number of hydrogen-bond donors (Lipinski definition) is 0. The summed E-state index contributed by atoms with van der Waals surface area (Å²) < 4.78 is 5.15. The molecule has 1 aromatic carbocycles. The maximum Gasteiger partial charge on any atom is 0.196 e. The molecular weight excluding hydrogens is 238 g/mol. The Bertz CT molecular complexity index is 555. The third-order valence-electron chi connectivity index (χ3n) is 2.34. The average Bonchev–Trinajstić information content (AvgIpc) is 2.38. The van der Waals surface area contributed by atoms with E-state index in [9.17, 15) is 4.79 Å². The molecule has 0 N–H and O–H groups in total. The molecule has 17 heavy (non-hydrogen) atoms. The van der Waals surface area contributed by atoms with Crippen molar-refractivity contribution in [1.82, 2.24) is 4.98 Å². The lowest BCUT2D eigenvalue weighted by molar-refractivity contribution is 0.103. The number of ketones is 1. The fourth-order valence-corrected chi connectivity index (χ4v) is 1.71. The number of carbonyl (C=O) groups is 1. The highest BCUT2D eigenvalue weighted by Crippen LogP contribution is 2.21. The van der Waals surface area contributed by atoms with Crippen LogP contribution in [0.5, 0.6) is 5.75 Å². The molecule has 4 heteroatoms. The molecule has 0 bridgehead atoms. The van der Waals surface area contributed by atoms with E-state index < -0.39 is 0 Å². The van der Waals surface area contributed by atoms with Crippen molar-refractivity contribution in [3.05, 3.63) is 58.9 Å². The summed E-state index contributed by atoms with van der Waals surface area (Å²) in [5, 5.41) is 0.297. The van der Waals surface area contributed by atoms with Crippen LogP contribution >= 0.6 is 11.6 Å². The second-order valence-electron chi connectivity index (χ2n) is 3.40. The molecule has 2 aromatic rings. The molecule has 0 atom stereocenters. The maximum absolute atomic E-state index is 12.2. The largest absolute Gasteiger partial charge is 0.496 e. The number of pyridine rings is 1. The molecule has 1 aromatic heterocycles. The van der Waals surface area contributed by atoms with E-state index in [1.807, 2.05) is 6.07 Å². The highest BCUT2D eigenvalue weighted by atomic mass is 35.5. The summed E-state index contributed by atoms with van der Waals surface area (Å²) >= 11 is 5.76. The number of rotatable bonds is 3. The summed E-state index contributed by atoms with van der Waals surface area (Å²) in [7, 11) is 1.53. The number of hydrogen-bond acceptors (Lipinski definition) is 3. The summed E-state index contributed by atoms with van der Waals surface area (Å²) in [6, 6.07) is 10.2. The Hall–Kier alpha value is -1.87. The summed E-state index contributed by atoms with van der Waals surface area (Å²) in [5.74, 6) is 0.414. The molecule has 0 fully saturated rings. The third-order valence-corrected chi connectivity index (χ3v) is 2.55. The highest BCUT2D eigenvalue weighted by molar-refractivity contribution is 6.30. The van der Waals surface area contributed by atoms with Crippen LogP contribution in [0.15, 0.2) is 42.6 Å². The Morgan fingerprint density at radius 2 is 2.06 bits per heavy atom. The molecule has 0 aliphatic carbocycles. The van der Waals surface area contributed by atoms with Crippen LogP contribution in [0.4, 0.5) is 0 Å². The van der Waals surface area contributed by atoms with Gasteiger partial charge in [0.1, 0.15) is 10.9 Å². The van der Waals surface area contributed by atoms with Gasteiger partial charge >= 0.3 is 0 Å². The van der Waals surface area contributed by atoms with Gasteiger partial charge < -0.3 is 4.74 Å². The molecule has 2 rings (SSSR count). The predicted octanol–water partition coefficient (Wildman–Crippen LogP) is 2.97. The van der Waals surface area contributed by atoms with Crippen molar-refractivity contribution in [3.63, 3.8) is 0 Å². The minimum absolute atomic E-state index is 0.133. The Kier molecular flexibility index (Phi) is 3.40. The van der Waals surface area contributed by atoms with Crippen molar-refractivity contribution in [2.75, 3.05) is 7.11 Å². The highest BCUT2D eigenvalue weighted by Gasteiger charge is 2.13. The minimum atomic E-state index is -0.133. The Labute approximate surface area is 104 Å². The second kappa shape index (κ2) is 4.97. The van der Waals surface area contributed by atoms with Crippen molar-refractivity contribution in [1.29, 1.82) is 0 Å². The van der Waals surface area contributed by atoms with Crippen LogP contribution in [0.25, 0.3) is 0 Å². The van der Waals surface area contributed by atoms with Crippen molar-refractivity contribution in [3.8, 4) is 5.75 Å². The molecule has 0 amide bonds. The predicted molar refractivity (Wildman–Crippen MR) is 65.7 cm³/mol. The van der Waals surface area contributed by atoms with Crippen LogP contribution in [0.2, 0.25) is 5.15 Å². The smallest absolute Gasteiger partial charge is 0.196 e. The molecular formula is C13H10ClNO2. The van der Waals surface area contributed by atoms with E-state index in [0.29, 0.717) is 22.0 Å². The molecule has 86 valence electrons. The second-order valence-corrected chi connectivity index (χ2v) is 3.78. The Balaban J connectivity index is 2.44. The van der Waals surface area contributed by atoms with Gasteiger partial charge in [-0.1, -0.05) is 23.7 Å². The average molecular weight is 248 g/mol. The van der Waals surface area contributed by atoms with Crippen LogP contribution in [-0.2, 0) is 0 Å². The van der Waals surface area contributed by atoms with Gasteiger partial charge in [-0.2, -0.15) is 0 Å². The lowest BCUT2D eigenvalue weighted by Crippen LogP contribution is -2.03. The van der Waals surface area contributed by atoms with Gasteiger partial charge in [-0.3, -0.25) is 4.79 Å². The van der Waals surface area contributed by atoms with Gasteiger partial charge in [0.25, 0.3) is 0 Å². The zero-order valence-corrected chi connectivity index (χ0v) is 9.94. The van der Waals surface area contributed by atoms with Crippen LogP contribution < -0.4 is 4.74 Å². The minimum Gasteiger partial charge on any atom is -0.496 e. The van der Waals surface area contributed by atoms with Gasteiger partial charge in [-0.15, -0.1) is 0 Å².